The van der Waals surface area contributed by atoms with E-state index in [4.69, 9.17) is 14.5 Å². The van der Waals surface area contributed by atoms with E-state index in [0.717, 1.165) is 47.7 Å². The summed E-state index contributed by atoms with van der Waals surface area (Å²) < 4.78 is 13.2. The first-order chi connectivity index (χ1) is 14.8. The number of aryl methyl sites for hydroxylation is 1. The van der Waals surface area contributed by atoms with Gasteiger partial charge in [0, 0.05) is 12.0 Å². The molecule has 166 valence electrons. The largest absolute Gasteiger partial charge is 0.497 e. The third-order valence-electron chi connectivity index (χ3n) is 5.20. The maximum Gasteiger partial charge on any atom is 0.225 e. The molecule has 1 unspecified atom stereocenters. The highest BCUT2D eigenvalue weighted by Crippen LogP contribution is 2.23. The molecule has 3 rings (SSSR count). The van der Waals surface area contributed by atoms with E-state index in [1.54, 1.807) is 7.11 Å². The molecule has 6 heteroatoms. The summed E-state index contributed by atoms with van der Waals surface area (Å²) in [4.78, 5) is 17.3. The lowest BCUT2D eigenvalue weighted by molar-refractivity contribution is -0.129. The maximum atomic E-state index is 12.5. The summed E-state index contributed by atoms with van der Waals surface area (Å²) in [7, 11) is 1.65. The third kappa shape index (κ3) is 5.78. The number of methoxy groups -OCH3 is 1. The summed E-state index contributed by atoms with van der Waals surface area (Å²) in [6.07, 6.45) is 1.87. The fourth-order valence-corrected chi connectivity index (χ4v) is 3.37. The van der Waals surface area contributed by atoms with E-state index in [0.29, 0.717) is 6.61 Å². The molecule has 1 amide bonds. The van der Waals surface area contributed by atoms with Crippen molar-refractivity contribution < 1.29 is 14.3 Å². The normalized spacial score (nSPS) is 12.5. The van der Waals surface area contributed by atoms with E-state index in [1.807, 2.05) is 70.2 Å². The summed E-state index contributed by atoms with van der Waals surface area (Å²) in [5, 5.41) is 3.11. The predicted molar refractivity (Wildman–Crippen MR) is 123 cm³/mol. The van der Waals surface area contributed by atoms with Crippen molar-refractivity contribution >= 4 is 16.9 Å². The lowest BCUT2D eigenvalue weighted by Crippen LogP contribution is -2.37. The molecule has 31 heavy (non-hydrogen) atoms. The fourth-order valence-electron chi connectivity index (χ4n) is 3.37. The molecular formula is C25H33N3O3. The molecule has 0 spiro atoms. The van der Waals surface area contributed by atoms with E-state index in [1.165, 1.54) is 0 Å². The van der Waals surface area contributed by atoms with Gasteiger partial charge >= 0.3 is 0 Å². The number of nitrogens with one attached hydrogen (secondary N) is 1. The topological polar surface area (TPSA) is 65.4 Å². The zero-order valence-electron chi connectivity index (χ0n) is 19.1. The van der Waals surface area contributed by atoms with E-state index in [2.05, 4.69) is 16.0 Å². The Kier molecular flexibility index (Phi) is 7.21. The van der Waals surface area contributed by atoms with Gasteiger partial charge in [0.15, 0.2) is 0 Å². The second kappa shape index (κ2) is 9.86. The first-order valence-electron chi connectivity index (χ1n) is 10.8. The second-order valence-corrected chi connectivity index (χ2v) is 8.79. The molecular weight excluding hydrogens is 390 g/mol. The SMILES string of the molecule is COc1ccc(OCCCCn2c(C(C)NC(=O)C(C)(C)C)nc3ccccc32)cc1. The monoisotopic (exact) mass is 423 g/mol. The van der Waals surface area contributed by atoms with Crippen LogP contribution in [-0.2, 0) is 11.3 Å². The number of hydrogen-bond acceptors (Lipinski definition) is 4. The number of rotatable bonds is 9. The van der Waals surface area contributed by atoms with E-state index in [-0.39, 0.29) is 11.9 Å². The van der Waals surface area contributed by atoms with Gasteiger partial charge < -0.3 is 19.4 Å². The molecule has 6 nitrogen and oxygen atoms in total. The van der Waals surface area contributed by atoms with Gasteiger partial charge in [-0.2, -0.15) is 0 Å². The Bertz CT molecular complexity index is 1000. The van der Waals surface area contributed by atoms with Crippen LogP contribution in [0.2, 0.25) is 0 Å². The van der Waals surface area contributed by atoms with Crippen molar-refractivity contribution in [3.8, 4) is 11.5 Å². The van der Waals surface area contributed by atoms with Crippen LogP contribution in [0.25, 0.3) is 11.0 Å². The number of carbonyl (C=O) groups excluding carboxylic acids is 1. The minimum atomic E-state index is -0.441. The minimum absolute atomic E-state index is 0.0199. The first kappa shape index (κ1) is 22.7. The number of fused-ring (bicyclic) bond motifs is 1. The number of aromatic nitrogens is 2. The van der Waals surface area contributed by atoms with Crippen LogP contribution < -0.4 is 14.8 Å². The molecule has 0 aliphatic rings. The van der Waals surface area contributed by atoms with Crippen LogP contribution in [0.5, 0.6) is 11.5 Å². The van der Waals surface area contributed by atoms with Gasteiger partial charge in [-0.1, -0.05) is 32.9 Å². The molecule has 2 aromatic carbocycles. The van der Waals surface area contributed by atoms with Gasteiger partial charge in [0.05, 0.1) is 30.8 Å². The van der Waals surface area contributed by atoms with Gasteiger partial charge in [-0.25, -0.2) is 4.98 Å². The molecule has 1 atom stereocenters. The van der Waals surface area contributed by atoms with Gasteiger partial charge in [0.1, 0.15) is 17.3 Å². The second-order valence-electron chi connectivity index (χ2n) is 8.79. The zero-order chi connectivity index (χ0) is 22.4. The molecule has 1 aromatic heterocycles. The van der Waals surface area contributed by atoms with Gasteiger partial charge in [0.25, 0.3) is 0 Å². The number of amides is 1. The van der Waals surface area contributed by atoms with E-state index in [9.17, 15) is 4.79 Å². The zero-order valence-corrected chi connectivity index (χ0v) is 19.1. The Morgan fingerprint density at radius 2 is 1.74 bits per heavy atom. The Labute approximate surface area is 184 Å². The molecule has 0 saturated heterocycles. The molecule has 0 aliphatic heterocycles. The van der Waals surface area contributed by atoms with Gasteiger partial charge in [0.2, 0.25) is 5.91 Å². The number of unbranched alkanes of at least 4 members (excludes halogenated alkanes) is 1. The van der Waals surface area contributed by atoms with Gasteiger partial charge in [-0.3, -0.25) is 4.79 Å². The number of para-hydroxylation sites is 2. The Balaban J connectivity index is 1.63. The van der Waals surface area contributed by atoms with Crippen molar-refractivity contribution in [3.63, 3.8) is 0 Å². The summed E-state index contributed by atoms with van der Waals surface area (Å²) in [6, 6.07) is 15.6. The van der Waals surface area contributed by atoms with Crippen molar-refractivity contribution in [1.82, 2.24) is 14.9 Å². The van der Waals surface area contributed by atoms with Gasteiger partial charge in [-0.15, -0.1) is 0 Å². The number of benzene rings is 2. The molecule has 0 bridgehead atoms. The number of imidazole rings is 1. The predicted octanol–water partition coefficient (Wildman–Crippen LogP) is 5.13. The summed E-state index contributed by atoms with van der Waals surface area (Å²) in [5.74, 6) is 2.56. The standard InChI is InChI=1S/C25H33N3O3/c1-18(26-24(29)25(2,3)4)23-27-21-10-6-7-11-22(21)28(23)16-8-9-17-31-20-14-12-19(30-5)13-15-20/h6-7,10-15,18H,8-9,16-17H2,1-5H3,(H,26,29). The Morgan fingerprint density at radius 3 is 2.42 bits per heavy atom. The molecule has 0 saturated carbocycles. The average Bonchev–Trinajstić information content (AvgIpc) is 3.12. The third-order valence-corrected chi connectivity index (χ3v) is 5.20. The van der Waals surface area contributed by atoms with Crippen LogP contribution in [0.15, 0.2) is 48.5 Å². The maximum absolute atomic E-state index is 12.5. The van der Waals surface area contributed by atoms with Crippen LogP contribution in [-0.4, -0.2) is 29.2 Å². The van der Waals surface area contributed by atoms with Crippen molar-refractivity contribution in [2.75, 3.05) is 13.7 Å². The first-order valence-corrected chi connectivity index (χ1v) is 10.8. The average molecular weight is 424 g/mol. The van der Waals surface area contributed by atoms with Crippen LogP contribution in [0.3, 0.4) is 0 Å². The molecule has 0 fully saturated rings. The van der Waals surface area contributed by atoms with Crippen molar-refractivity contribution in [3.05, 3.63) is 54.4 Å². The Hall–Kier alpha value is -3.02. The van der Waals surface area contributed by atoms with Crippen molar-refractivity contribution in [2.45, 2.75) is 53.1 Å². The van der Waals surface area contributed by atoms with E-state index >= 15 is 0 Å². The van der Waals surface area contributed by atoms with Crippen LogP contribution >= 0.6 is 0 Å². The van der Waals surface area contributed by atoms with Crippen LogP contribution in [0, 0.1) is 5.41 Å². The lowest BCUT2D eigenvalue weighted by Gasteiger charge is -2.22. The number of carbonyl (C=O) groups is 1. The highest BCUT2D eigenvalue weighted by molar-refractivity contribution is 5.82. The van der Waals surface area contributed by atoms with Crippen LogP contribution in [0.1, 0.15) is 52.4 Å². The smallest absolute Gasteiger partial charge is 0.225 e. The minimum Gasteiger partial charge on any atom is -0.497 e. The van der Waals surface area contributed by atoms with E-state index < -0.39 is 5.41 Å². The lowest BCUT2D eigenvalue weighted by atomic mass is 9.95. The Morgan fingerprint density at radius 1 is 1.06 bits per heavy atom. The number of nitrogens with zero attached hydrogens (tertiary/aromatic N) is 2. The number of ether oxygens (including phenoxy) is 2. The molecule has 0 aliphatic carbocycles. The molecule has 3 aromatic rings. The van der Waals surface area contributed by atoms with Crippen LogP contribution in [0.4, 0.5) is 0 Å². The number of hydrogen-bond donors (Lipinski definition) is 1. The van der Waals surface area contributed by atoms with Crippen molar-refractivity contribution in [1.29, 1.82) is 0 Å². The summed E-state index contributed by atoms with van der Waals surface area (Å²) in [5.41, 5.74) is 1.60. The quantitative estimate of drug-likeness (QED) is 0.485. The highest BCUT2D eigenvalue weighted by atomic mass is 16.5. The van der Waals surface area contributed by atoms with Crippen molar-refractivity contribution in [2.24, 2.45) is 5.41 Å². The highest BCUT2D eigenvalue weighted by Gasteiger charge is 2.25. The molecule has 0 radical (unpaired) electrons. The molecule has 1 N–H and O–H groups in total. The fraction of sp³-hybridized carbons (Fsp3) is 0.440. The summed E-state index contributed by atoms with van der Waals surface area (Å²) >= 11 is 0. The molecule has 1 heterocycles. The summed E-state index contributed by atoms with van der Waals surface area (Å²) in [6.45, 7) is 9.21. The van der Waals surface area contributed by atoms with Gasteiger partial charge in [-0.05, 0) is 56.2 Å².